The number of hydrogen-bond donors (Lipinski definition) is 1. The minimum atomic E-state index is -3.53. The van der Waals surface area contributed by atoms with Crippen LogP contribution in [0.1, 0.15) is 13.3 Å². The molecule has 0 aromatic carbocycles. The van der Waals surface area contributed by atoms with Gasteiger partial charge in [0.25, 0.3) is 10.2 Å². The topological polar surface area (TPSA) is 82.4 Å². The Hall–Kier alpha value is -0.680. The van der Waals surface area contributed by atoms with Crippen LogP contribution in [0.2, 0.25) is 0 Å². The van der Waals surface area contributed by atoms with E-state index in [0.717, 1.165) is 0 Å². The van der Waals surface area contributed by atoms with Gasteiger partial charge in [-0.05, 0) is 6.42 Å². The van der Waals surface area contributed by atoms with Crippen molar-refractivity contribution in [1.82, 2.24) is 9.03 Å². The van der Waals surface area contributed by atoms with Gasteiger partial charge < -0.3 is 4.74 Å². The zero-order valence-electron chi connectivity index (χ0n) is 8.64. The second kappa shape index (κ2) is 5.42. The maximum atomic E-state index is 11.7. The van der Waals surface area contributed by atoms with Crippen LogP contribution in [0, 0.1) is 11.3 Å². The quantitative estimate of drug-likeness (QED) is 0.706. The summed E-state index contributed by atoms with van der Waals surface area (Å²) < 4.78 is 32.1. The monoisotopic (exact) mass is 233 g/mol. The molecule has 1 rings (SSSR count). The highest BCUT2D eigenvalue weighted by molar-refractivity contribution is 7.87. The Morgan fingerprint density at radius 3 is 2.60 bits per heavy atom. The van der Waals surface area contributed by atoms with Crippen molar-refractivity contribution in [2.24, 2.45) is 0 Å². The molecule has 6 nitrogen and oxygen atoms in total. The molecule has 0 aliphatic carbocycles. The minimum Gasteiger partial charge on any atom is -0.379 e. The third-order valence-corrected chi connectivity index (χ3v) is 3.79. The van der Waals surface area contributed by atoms with Gasteiger partial charge in [0, 0.05) is 13.1 Å². The van der Waals surface area contributed by atoms with Crippen molar-refractivity contribution in [2.45, 2.75) is 19.4 Å². The van der Waals surface area contributed by atoms with E-state index in [1.165, 1.54) is 4.31 Å². The first-order valence-electron chi connectivity index (χ1n) is 4.85. The molecule has 1 aliphatic heterocycles. The van der Waals surface area contributed by atoms with Crippen LogP contribution in [-0.4, -0.2) is 45.1 Å². The molecule has 1 saturated heterocycles. The van der Waals surface area contributed by atoms with E-state index in [4.69, 9.17) is 10.00 Å². The van der Waals surface area contributed by atoms with Gasteiger partial charge in [-0.3, -0.25) is 0 Å². The first kappa shape index (κ1) is 12.4. The molecule has 1 N–H and O–H groups in total. The molecule has 1 atom stereocenters. The van der Waals surface area contributed by atoms with Gasteiger partial charge in [0.15, 0.2) is 0 Å². The Bertz CT molecular complexity index is 330. The van der Waals surface area contributed by atoms with Gasteiger partial charge in [0.1, 0.15) is 6.04 Å². The van der Waals surface area contributed by atoms with Crippen molar-refractivity contribution in [3.05, 3.63) is 0 Å². The normalized spacial score (nSPS) is 20.8. The predicted molar refractivity (Wildman–Crippen MR) is 54.1 cm³/mol. The van der Waals surface area contributed by atoms with Crippen LogP contribution >= 0.6 is 0 Å². The average molecular weight is 233 g/mol. The second-order valence-corrected chi connectivity index (χ2v) is 4.93. The Labute approximate surface area is 90.0 Å². The average Bonchev–Trinajstić information content (AvgIpc) is 2.27. The number of nitriles is 1. The largest absolute Gasteiger partial charge is 0.379 e. The molecule has 7 heteroatoms. The molecule has 0 aromatic rings. The molecule has 1 fully saturated rings. The second-order valence-electron chi connectivity index (χ2n) is 3.22. The van der Waals surface area contributed by atoms with Crippen molar-refractivity contribution < 1.29 is 13.2 Å². The van der Waals surface area contributed by atoms with E-state index in [1.807, 2.05) is 6.07 Å². The number of nitrogens with zero attached hydrogens (tertiary/aromatic N) is 2. The summed E-state index contributed by atoms with van der Waals surface area (Å²) in [6.45, 7) is 3.26. The summed E-state index contributed by atoms with van der Waals surface area (Å²) >= 11 is 0. The Morgan fingerprint density at radius 2 is 2.13 bits per heavy atom. The maximum Gasteiger partial charge on any atom is 0.280 e. The highest BCUT2D eigenvalue weighted by Gasteiger charge is 2.26. The van der Waals surface area contributed by atoms with Crippen LogP contribution in [0.5, 0.6) is 0 Å². The van der Waals surface area contributed by atoms with Gasteiger partial charge in [-0.15, -0.1) is 0 Å². The summed E-state index contributed by atoms with van der Waals surface area (Å²) in [5.41, 5.74) is 0. The zero-order valence-corrected chi connectivity index (χ0v) is 9.46. The Morgan fingerprint density at radius 1 is 1.53 bits per heavy atom. The Kier molecular flexibility index (Phi) is 4.47. The van der Waals surface area contributed by atoms with Gasteiger partial charge in [0.05, 0.1) is 19.3 Å². The molecule has 0 aromatic heterocycles. The third-order valence-electron chi connectivity index (χ3n) is 2.17. The lowest BCUT2D eigenvalue weighted by Gasteiger charge is -2.26. The van der Waals surface area contributed by atoms with E-state index >= 15 is 0 Å². The number of hydrogen-bond acceptors (Lipinski definition) is 4. The van der Waals surface area contributed by atoms with Crippen molar-refractivity contribution in [1.29, 1.82) is 5.26 Å². The van der Waals surface area contributed by atoms with Crippen molar-refractivity contribution in [3.63, 3.8) is 0 Å². The first-order chi connectivity index (χ1) is 7.10. The van der Waals surface area contributed by atoms with Crippen LogP contribution in [-0.2, 0) is 14.9 Å². The van der Waals surface area contributed by atoms with E-state index in [2.05, 4.69) is 4.72 Å². The molecule has 1 heterocycles. The highest BCUT2D eigenvalue weighted by Crippen LogP contribution is 2.04. The summed E-state index contributed by atoms with van der Waals surface area (Å²) in [6, 6.07) is 1.24. The van der Waals surface area contributed by atoms with Crippen LogP contribution in [0.25, 0.3) is 0 Å². The van der Waals surface area contributed by atoms with Crippen LogP contribution in [0.3, 0.4) is 0 Å². The van der Waals surface area contributed by atoms with Crippen molar-refractivity contribution in [3.8, 4) is 6.07 Å². The minimum absolute atomic E-state index is 0.344. The number of morpholine rings is 1. The zero-order chi connectivity index (χ0) is 11.3. The molecule has 0 bridgehead atoms. The van der Waals surface area contributed by atoms with Gasteiger partial charge in [-0.2, -0.15) is 22.7 Å². The fraction of sp³-hybridized carbons (Fsp3) is 0.875. The molecule has 0 saturated carbocycles. The number of rotatable bonds is 4. The van der Waals surface area contributed by atoms with Gasteiger partial charge in [-0.1, -0.05) is 6.92 Å². The summed E-state index contributed by atoms with van der Waals surface area (Å²) in [4.78, 5) is 0. The smallest absolute Gasteiger partial charge is 0.280 e. The molecule has 0 amide bonds. The fourth-order valence-corrected chi connectivity index (χ4v) is 2.60. The van der Waals surface area contributed by atoms with Crippen molar-refractivity contribution >= 4 is 10.2 Å². The molecular weight excluding hydrogens is 218 g/mol. The molecule has 15 heavy (non-hydrogen) atoms. The first-order valence-corrected chi connectivity index (χ1v) is 6.29. The summed E-state index contributed by atoms with van der Waals surface area (Å²) in [5, 5.41) is 8.67. The van der Waals surface area contributed by atoms with Gasteiger partial charge >= 0.3 is 0 Å². The number of ether oxygens (including phenoxy) is 1. The maximum absolute atomic E-state index is 11.7. The van der Waals surface area contributed by atoms with E-state index in [9.17, 15) is 8.42 Å². The van der Waals surface area contributed by atoms with E-state index in [-0.39, 0.29) is 0 Å². The van der Waals surface area contributed by atoms with Gasteiger partial charge in [0.2, 0.25) is 0 Å². The lowest BCUT2D eigenvalue weighted by molar-refractivity contribution is 0.0724. The summed E-state index contributed by atoms with van der Waals surface area (Å²) in [5.74, 6) is 0. The number of nitrogens with one attached hydrogen (secondary N) is 1. The lowest BCUT2D eigenvalue weighted by Crippen LogP contribution is -2.49. The van der Waals surface area contributed by atoms with Crippen molar-refractivity contribution in [2.75, 3.05) is 26.3 Å². The predicted octanol–water partition coefficient (Wildman–Crippen LogP) is -0.545. The summed E-state index contributed by atoms with van der Waals surface area (Å²) in [6.07, 6.45) is 0.458. The lowest BCUT2D eigenvalue weighted by atomic mass is 10.3. The Balaban J connectivity index is 2.61. The molecule has 86 valence electrons. The molecule has 1 aliphatic rings. The van der Waals surface area contributed by atoms with Gasteiger partial charge in [-0.25, -0.2) is 0 Å². The molecule has 0 spiro atoms. The highest BCUT2D eigenvalue weighted by atomic mass is 32.2. The molecular formula is C8H15N3O3S. The van der Waals surface area contributed by atoms with E-state index < -0.39 is 16.3 Å². The fourth-order valence-electron chi connectivity index (χ4n) is 1.24. The van der Waals surface area contributed by atoms with Crippen LogP contribution in [0.4, 0.5) is 0 Å². The molecule has 0 radical (unpaired) electrons. The summed E-state index contributed by atoms with van der Waals surface area (Å²) in [7, 11) is -3.53. The molecule has 1 unspecified atom stereocenters. The van der Waals surface area contributed by atoms with Crippen LogP contribution in [0.15, 0.2) is 0 Å². The standard InChI is InChI=1S/C8H15N3O3S/c1-2-8(7-9)10-15(12,13)11-3-5-14-6-4-11/h8,10H,2-6H2,1H3. The van der Waals surface area contributed by atoms with Crippen LogP contribution < -0.4 is 4.72 Å². The third kappa shape index (κ3) is 3.43. The van der Waals surface area contributed by atoms with E-state index in [0.29, 0.717) is 32.7 Å². The SMILES string of the molecule is CCC(C#N)NS(=O)(=O)N1CCOCC1. The van der Waals surface area contributed by atoms with E-state index in [1.54, 1.807) is 6.92 Å².